The van der Waals surface area contributed by atoms with E-state index in [9.17, 15) is 9.18 Å². The van der Waals surface area contributed by atoms with Gasteiger partial charge < -0.3 is 15.4 Å². The van der Waals surface area contributed by atoms with E-state index < -0.39 is 0 Å². The molecule has 0 aliphatic carbocycles. The van der Waals surface area contributed by atoms with E-state index in [1.807, 2.05) is 35.2 Å². The molecule has 1 saturated heterocycles. The van der Waals surface area contributed by atoms with Gasteiger partial charge >= 0.3 is 0 Å². The summed E-state index contributed by atoms with van der Waals surface area (Å²) in [5, 5.41) is 0. The summed E-state index contributed by atoms with van der Waals surface area (Å²) in [6, 6.07) is 15.5. The van der Waals surface area contributed by atoms with Crippen LogP contribution in [0.15, 0.2) is 60.8 Å². The van der Waals surface area contributed by atoms with Crippen molar-refractivity contribution in [1.82, 2.24) is 14.9 Å². The molecule has 2 heterocycles. The van der Waals surface area contributed by atoms with E-state index in [1.165, 1.54) is 12.1 Å². The Morgan fingerprint density at radius 2 is 1.93 bits per heavy atom. The van der Waals surface area contributed by atoms with E-state index in [-0.39, 0.29) is 30.2 Å². The van der Waals surface area contributed by atoms with Gasteiger partial charge in [-0.3, -0.25) is 4.79 Å². The second-order valence-electron chi connectivity index (χ2n) is 7.31. The van der Waals surface area contributed by atoms with Gasteiger partial charge in [-0.2, -0.15) is 0 Å². The summed E-state index contributed by atoms with van der Waals surface area (Å²) in [7, 11) is 0. The van der Waals surface area contributed by atoms with Gasteiger partial charge in [0, 0.05) is 30.8 Å². The molecule has 0 spiro atoms. The first-order valence-electron chi connectivity index (χ1n) is 9.94. The summed E-state index contributed by atoms with van der Waals surface area (Å²) in [6.45, 7) is 1.20. The number of hydrogen-bond donors (Lipinski definition) is 1. The number of halogens is 1. The molecule has 1 aliphatic heterocycles. The molecule has 30 heavy (non-hydrogen) atoms. The van der Waals surface area contributed by atoms with Crippen LogP contribution in [0.1, 0.15) is 24.5 Å². The van der Waals surface area contributed by atoms with Crippen molar-refractivity contribution in [1.29, 1.82) is 0 Å². The lowest BCUT2D eigenvalue weighted by atomic mass is 9.90. The highest BCUT2D eigenvalue weighted by Crippen LogP contribution is 2.33. The molecule has 1 aromatic heterocycles. The molecule has 4 rings (SSSR count). The van der Waals surface area contributed by atoms with E-state index in [2.05, 4.69) is 9.97 Å². The number of hydrogen-bond acceptors (Lipinski definition) is 5. The van der Waals surface area contributed by atoms with Crippen molar-refractivity contribution < 1.29 is 13.9 Å². The monoisotopic (exact) mass is 406 g/mol. The number of carbonyl (C=O) groups is 1. The quantitative estimate of drug-likeness (QED) is 0.700. The standard InChI is InChI=1S/C23H23FN4O2/c24-18-10-8-16(9-11-18)20-13-26-23(25)27-22(20)17-5-4-12-28(14-17)21(29)15-30-19-6-2-1-3-7-19/h1-3,6-11,13,17H,4-5,12,14-15H2,(H2,25,26,27)/t17-/m0/s1. The number of amides is 1. The third-order valence-corrected chi connectivity index (χ3v) is 5.26. The highest BCUT2D eigenvalue weighted by molar-refractivity contribution is 5.78. The highest BCUT2D eigenvalue weighted by atomic mass is 19.1. The smallest absolute Gasteiger partial charge is 0.260 e. The number of nitrogens with two attached hydrogens (primary N) is 1. The molecule has 1 fully saturated rings. The van der Waals surface area contributed by atoms with Gasteiger partial charge in [-0.1, -0.05) is 30.3 Å². The largest absolute Gasteiger partial charge is 0.484 e. The fraction of sp³-hybridized carbons (Fsp3) is 0.261. The van der Waals surface area contributed by atoms with Crippen LogP contribution >= 0.6 is 0 Å². The number of ether oxygens (including phenoxy) is 1. The molecule has 1 amide bonds. The minimum absolute atomic E-state index is 0.00648. The number of aromatic nitrogens is 2. The number of nitrogen functional groups attached to an aromatic ring is 1. The molecule has 0 unspecified atom stereocenters. The van der Waals surface area contributed by atoms with E-state index in [4.69, 9.17) is 10.5 Å². The summed E-state index contributed by atoms with van der Waals surface area (Å²) < 4.78 is 19.0. The van der Waals surface area contributed by atoms with Gasteiger partial charge in [-0.05, 0) is 42.7 Å². The Kier molecular flexibility index (Phi) is 5.88. The first-order valence-corrected chi connectivity index (χ1v) is 9.94. The Labute approximate surface area is 174 Å². The summed E-state index contributed by atoms with van der Waals surface area (Å²) in [4.78, 5) is 23.1. The van der Waals surface area contributed by atoms with Crippen molar-refractivity contribution in [2.45, 2.75) is 18.8 Å². The Morgan fingerprint density at radius 1 is 1.17 bits per heavy atom. The number of piperidine rings is 1. The number of likely N-dealkylation sites (tertiary alicyclic amines) is 1. The van der Waals surface area contributed by atoms with E-state index in [0.717, 1.165) is 29.7 Å². The fourth-order valence-electron chi connectivity index (χ4n) is 3.75. The molecule has 154 valence electrons. The third-order valence-electron chi connectivity index (χ3n) is 5.26. The maximum atomic E-state index is 13.3. The maximum Gasteiger partial charge on any atom is 0.260 e. The molecule has 0 bridgehead atoms. The minimum Gasteiger partial charge on any atom is -0.484 e. The maximum absolute atomic E-state index is 13.3. The third kappa shape index (κ3) is 4.56. The SMILES string of the molecule is Nc1ncc(-c2ccc(F)cc2)c([C@H]2CCCN(C(=O)COc3ccccc3)C2)n1. The van der Waals surface area contributed by atoms with Crippen LogP contribution in [0.25, 0.3) is 11.1 Å². The normalized spacial score (nSPS) is 16.3. The van der Waals surface area contributed by atoms with E-state index in [1.54, 1.807) is 18.3 Å². The average Bonchev–Trinajstić information content (AvgIpc) is 2.79. The first-order chi connectivity index (χ1) is 14.6. The average molecular weight is 406 g/mol. The van der Waals surface area contributed by atoms with Crippen LogP contribution in [0, 0.1) is 5.82 Å². The zero-order chi connectivity index (χ0) is 20.9. The van der Waals surface area contributed by atoms with Crippen LogP contribution in [0.2, 0.25) is 0 Å². The second-order valence-corrected chi connectivity index (χ2v) is 7.31. The van der Waals surface area contributed by atoms with Crippen LogP contribution in [0.4, 0.5) is 10.3 Å². The Hall–Kier alpha value is -3.48. The summed E-state index contributed by atoms with van der Waals surface area (Å²) in [6.07, 6.45) is 3.41. The number of para-hydroxylation sites is 1. The van der Waals surface area contributed by atoms with Crippen LogP contribution in [0.5, 0.6) is 5.75 Å². The lowest BCUT2D eigenvalue weighted by molar-refractivity contribution is -0.134. The van der Waals surface area contributed by atoms with Crippen molar-refractivity contribution in [2.24, 2.45) is 0 Å². The Bertz CT molecular complexity index is 1010. The van der Waals surface area contributed by atoms with Gasteiger partial charge in [0.05, 0.1) is 5.69 Å². The molecule has 3 aromatic rings. The Morgan fingerprint density at radius 3 is 2.70 bits per heavy atom. The molecule has 7 heteroatoms. The zero-order valence-electron chi connectivity index (χ0n) is 16.5. The fourth-order valence-corrected chi connectivity index (χ4v) is 3.75. The highest BCUT2D eigenvalue weighted by Gasteiger charge is 2.28. The van der Waals surface area contributed by atoms with Gasteiger partial charge in [0.1, 0.15) is 11.6 Å². The first kappa shape index (κ1) is 19.8. The molecule has 0 radical (unpaired) electrons. The second kappa shape index (κ2) is 8.90. The Balaban J connectivity index is 1.51. The van der Waals surface area contributed by atoms with E-state index >= 15 is 0 Å². The molecule has 0 saturated carbocycles. The lowest BCUT2D eigenvalue weighted by Gasteiger charge is -2.33. The molecule has 2 aromatic carbocycles. The van der Waals surface area contributed by atoms with Crippen molar-refractivity contribution >= 4 is 11.9 Å². The van der Waals surface area contributed by atoms with Gasteiger partial charge in [-0.25, -0.2) is 14.4 Å². The van der Waals surface area contributed by atoms with Gasteiger partial charge in [-0.15, -0.1) is 0 Å². The molecule has 2 N–H and O–H groups in total. The molecule has 1 aliphatic rings. The van der Waals surface area contributed by atoms with Crippen molar-refractivity contribution in [3.05, 3.63) is 72.3 Å². The van der Waals surface area contributed by atoms with Crippen LogP contribution in [0.3, 0.4) is 0 Å². The molecular formula is C23H23FN4O2. The summed E-state index contributed by atoms with van der Waals surface area (Å²) in [5.41, 5.74) is 8.28. The minimum atomic E-state index is -0.301. The van der Waals surface area contributed by atoms with Gasteiger partial charge in [0.25, 0.3) is 5.91 Å². The summed E-state index contributed by atoms with van der Waals surface area (Å²) >= 11 is 0. The number of benzene rings is 2. The molecular weight excluding hydrogens is 383 g/mol. The number of rotatable bonds is 5. The zero-order valence-corrected chi connectivity index (χ0v) is 16.5. The number of anilines is 1. The molecule has 1 atom stereocenters. The predicted molar refractivity (Wildman–Crippen MR) is 112 cm³/mol. The van der Waals surface area contributed by atoms with Crippen LogP contribution < -0.4 is 10.5 Å². The predicted octanol–water partition coefficient (Wildman–Crippen LogP) is 3.65. The van der Waals surface area contributed by atoms with E-state index in [0.29, 0.717) is 18.8 Å². The number of nitrogens with zero attached hydrogens (tertiary/aromatic N) is 3. The molecule has 6 nitrogen and oxygen atoms in total. The van der Waals surface area contributed by atoms with Crippen LogP contribution in [-0.4, -0.2) is 40.5 Å². The van der Waals surface area contributed by atoms with Gasteiger partial charge in [0.15, 0.2) is 6.61 Å². The number of carbonyl (C=O) groups excluding carboxylic acids is 1. The topological polar surface area (TPSA) is 81.3 Å². The van der Waals surface area contributed by atoms with Crippen molar-refractivity contribution in [3.8, 4) is 16.9 Å². The van der Waals surface area contributed by atoms with Crippen LogP contribution in [-0.2, 0) is 4.79 Å². The van der Waals surface area contributed by atoms with Crippen molar-refractivity contribution in [2.75, 3.05) is 25.4 Å². The van der Waals surface area contributed by atoms with Crippen molar-refractivity contribution in [3.63, 3.8) is 0 Å². The lowest BCUT2D eigenvalue weighted by Crippen LogP contribution is -2.41. The van der Waals surface area contributed by atoms with Gasteiger partial charge in [0.2, 0.25) is 5.95 Å². The summed E-state index contributed by atoms with van der Waals surface area (Å²) in [5.74, 6) is 0.511.